The van der Waals surface area contributed by atoms with Gasteiger partial charge in [0.15, 0.2) is 0 Å². The Kier molecular flexibility index (Phi) is 5.27. The number of hydrogen-bond acceptors (Lipinski definition) is 2. The molecular formula is C20H24F2N2. The van der Waals surface area contributed by atoms with E-state index in [1.807, 2.05) is 24.3 Å². The Bertz CT molecular complexity index is 609. The topological polar surface area (TPSA) is 29.3 Å². The van der Waals surface area contributed by atoms with Gasteiger partial charge in [0.1, 0.15) is 11.6 Å². The van der Waals surface area contributed by atoms with Crippen LogP contribution in [0.15, 0.2) is 48.5 Å². The summed E-state index contributed by atoms with van der Waals surface area (Å²) in [5.41, 5.74) is 8.04. The minimum Gasteiger partial charge on any atom is -0.329 e. The zero-order chi connectivity index (χ0) is 17.1. The van der Waals surface area contributed by atoms with Crippen LogP contribution in [0.2, 0.25) is 0 Å². The van der Waals surface area contributed by atoms with Crippen LogP contribution in [-0.4, -0.2) is 24.0 Å². The highest BCUT2D eigenvalue weighted by Gasteiger charge is 2.32. The van der Waals surface area contributed by atoms with Crippen molar-refractivity contribution in [1.82, 2.24) is 4.90 Å². The first-order valence-corrected chi connectivity index (χ1v) is 8.55. The Labute approximate surface area is 142 Å². The van der Waals surface area contributed by atoms with E-state index in [-0.39, 0.29) is 23.7 Å². The summed E-state index contributed by atoms with van der Waals surface area (Å²) in [6.45, 7) is 3.76. The van der Waals surface area contributed by atoms with Crippen LogP contribution in [0.3, 0.4) is 0 Å². The summed E-state index contributed by atoms with van der Waals surface area (Å²) in [5.74, 6) is 0.0779. The first-order chi connectivity index (χ1) is 11.6. The second-order valence-corrected chi connectivity index (χ2v) is 6.77. The van der Waals surface area contributed by atoms with Gasteiger partial charge in [0.2, 0.25) is 0 Å². The van der Waals surface area contributed by atoms with E-state index in [0.717, 1.165) is 30.5 Å². The molecule has 1 aliphatic rings. The maximum absolute atomic E-state index is 13.4. The second kappa shape index (κ2) is 7.41. The van der Waals surface area contributed by atoms with Gasteiger partial charge in [0.25, 0.3) is 0 Å². The monoisotopic (exact) mass is 330 g/mol. The summed E-state index contributed by atoms with van der Waals surface area (Å²) in [7, 11) is 0. The number of halogens is 2. The lowest BCUT2D eigenvalue weighted by Crippen LogP contribution is -2.48. The van der Waals surface area contributed by atoms with E-state index < -0.39 is 0 Å². The predicted molar refractivity (Wildman–Crippen MR) is 92.6 cm³/mol. The van der Waals surface area contributed by atoms with Gasteiger partial charge in [0.05, 0.1) is 6.04 Å². The largest absolute Gasteiger partial charge is 0.329 e. The highest BCUT2D eigenvalue weighted by Crippen LogP contribution is 2.35. The van der Waals surface area contributed by atoms with Gasteiger partial charge in [-0.05, 0) is 54.2 Å². The Morgan fingerprint density at radius 2 is 1.46 bits per heavy atom. The molecule has 24 heavy (non-hydrogen) atoms. The van der Waals surface area contributed by atoms with E-state index in [9.17, 15) is 8.78 Å². The zero-order valence-electron chi connectivity index (χ0n) is 14.0. The van der Waals surface area contributed by atoms with Gasteiger partial charge in [-0.3, -0.25) is 4.90 Å². The number of likely N-dealkylation sites (tertiary alicyclic amines) is 1. The lowest BCUT2D eigenvalue weighted by Gasteiger charge is -2.43. The molecule has 1 aliphatic heterocycles. The molecule has 2 aromatic carbocycles. The van der Waals surface area contributed by atoms with E-state index in [0.29, 0.717) is 12.5 Å². The minimum atomic E-state index is -0.251. The van der Waals surface area contributed by atoms with Crippen molar-refractivity contribution >= 4 is 0 Å². The Hall–Kier alpha value is -1.78. The molecule has 3 rings (SSSR count). The molecule has 4 heteroatoms. The lowest BCUT2D eigenvalue weighted by atomic mass is 9.88. The van der Waals surface area contributed by atoms with E-state index in [4.69, 9.17) is 5.73 Å². The predicted octanol–water partition coefficient (Wildman–Crippen LogP) is 4.11. The molecule has 0 amide bonds. The van der Waals surface area contributed by atoms with Crippen molar-refractivity contribution in [3.8, 4) is 0 Å². The van der Waals surface area contributed by atoms with Crippen molar-refractivity contribution in [2.45, 2.75) is 31.8 Å². The second-order valence-electron chi connectivity index (χ2n) is 6.77. The molecule has 0 aromatic heterocycles. The molecule has 2 N–H and O–H groups in total. The fourth-order valence-electron chi connectivity index (χ4n) is 3.68. The smallest absolute Gasteiger partial charge is 0.123 e. The zero-order valence-corrected chi connectivity index (χ0v) is 14.0. The average Bonchev–Trinajstić information content (AvgIpc) is 2.59. The first kappa shape index (κ1) is 17.1. The Morgan fingerprint density at radius 3 is 1.92 bits per heavy atom. The summed E-state index contributed by atoms with van der Waals surface area (Å²) < 4.78 is 26.7. The van der Waals surface area contributed by atoms with Crippen LogP contribution in [0, 0.1) is 17.6 Å². The van der Waals surface area contributed by atoms with Crippen LogP contribution < -0.4 is 5.73 Å². The van der Waals surface area contributed by atoms with E-state index in [1.165, 1.54) is 24.3 Å². The molecule has 128 valence electrons. The van der Waals surface area contributed by atoms with Crippen LogP contribution in [0.1, 0.15) is 36.9 Å². The average molecular weight is 330 g/mol. The SMILES string of the molecule is C[C@@H]1CC[C@@H](CN)N(C(c2ccc(F)cc2)c2ccc(F)cc2)C1. The van der Waals surface area contributed by atoms with Gasteiger partial charge in [-0.25, -0.2) is 8.78 Å². The van der Waals surface area contributed by atoms with Crippen LogP contribution in [0.5, 0.6) is 0 Å². The normalized spacial score (nSPS) is 22.0. The summed E-state index contributed by atoms with van der Waals surface area (Å²) in [6.07, 6.45) is 2.22. The van der Waals surface area contributed by atoms with Gasteiger partial charge >= 0.3 is 0 Å². The summed E-state index contributed by atoms with van der Waals surface area (Å²) >= 11 is 0. The number of piperidine rings is 1. The third-order valence-electron chi connectivity index (χ3n) is 4.96. The Morgan fingerprint density at radius 1 is 0.958 bits per heavy atom. The maximum atomic E-state index is 13.4. The molecule has 0 bridgehead atoms. The molecule has 0 radical (unpaired) electrons. The van der Waals surface area contributed by atoms with E-state index in [2.05, 4.69) is 11.8 Å². The molecular weight excluding hydrogens is 306 g/mol. The van der Waals surface area contributed by atoms with Crippen molar-refractivity contribution in [3.63, 3.8) is 0 Å². The fourth-order valence-corrected chi connectivity index (χ4v) is 3.68. The van der Waals surface area contributed by atoms with Gasteiger partial charge in [-0.2, -0.15) is 0 Å². The number of nitrogens with two attached hydrogens (primary N) is 1. The minimum absolute atomic E-state index is 0.0394. The molecule has 2 atom stereocenters. The van der Waals surface area contributed by atoms with Crippen molar-refractivity contribution in [2.24, 2.45) is 11.7 Å². The van der Waals surface area contributed by atoms with Gasteiger partial charge < -0.3 is 5.73 Å². The number of nitrogens with zero attached hydrogens (tertiary/aromatic N) is 1. The first-order valence-electron chi connectivity index (χ1n) is 8.55. The summed E-state index contributed by atoms with van der Waals surface area (Å²) in [5, 5.41) is 0. The molecule has 1 heterocycles. The highest BCUT2D eigenvalue weighted by molar-refractivity contribution is 5.32. The third-order valence-corrected chi connectivity index (χ3v) is 4.96. The molecule has 2 nitrogen and oxygen atoms in total. The van der Waals surface area contributed by atoms with Crippen molar-refractivity contribution in [3.05, 3.63) is 71.3 Å². The van der Waals surface area contributed by atoms with Crippen LogP contribution in [-0.2, 0) is 0 Å². The van der Waals surface area contributed by atoms with Crippen molar-refractivity contribution in [1.29, 1.82) is 0 Å². The summed E-state index contributed by atoms with van der Waals surface area (Å²) in [4.78, 5) is 2.40. The summed E-state index contributed by atoms with van der Waals surface area (Å²) in [6, 6.07) is 13.4. The van der Waals surface area contributed by atoms with Crippen molar-refractivity contribution < 1.29 is 8.78 Å². The van der Waals surface area contributed by atoms with Crippen LogP contribution in [0.4, 0.5) is 8.78 Å². The lowest BCUT2D eigenvalue weighted by molar-refractivity contribution is 0.0875. The fraction of sp³-hybridized carbons (Fsp3) is 0.400. The van der Waals surface area contributed by atoms with Crippen LogP contribution in [0.25, 0.3) is 0 Å². The molecule has 2 aromatic rings. The molecule has 1 saturated heterocycles. The van der Waals surface area contributed by atoms with E-state index >= 15 is 0 Å². The van der Waals surface area contributed by atoms with Crippen LogP contribution >= 0.6 is 0 Å². The molecule has 0 saturated carbocycles. The number of hydrogen-bond donors (Lipinski definition) is 1. The van der Waals surface area contributed by atoms with Crippen molar-refractivity contribution in [2.75, 3.05) is 13.1 Å². The number of rotatable bonds is 4. The maximum Gasteiger partial charge on any atom is 0.123 e. The van der Waals surface area contributed by atoms with E-state index in [1.54, 1.807) is 0 Å². The van der Waals surface area contributed by atoms with Gasteiger partial charge in [-0.15, -0.1) is 0 Å². The third kappa shape index (κ3) is 3.65. The van der Waals surface area contributed by atoms with Gasteiger partial charge in [-0.1, -0.05) is 31.2 Å². The number of benzene rings is 2. The molecule has 0 spiro atoms. The highest BCUT2D eigenvalue weighted by atomic mass is 19.1. The molecule has 0 aliphatic carbocycles. The standard InChI is InChI=1S/C20H24F2N2/c1-14-2-11-19(12-23)24(13-14)20(15-3-7-17(21)8-4-15)16-5-9-18(22)10-6-16/h3-10,14,19-20H,2,11-13,23H2,1H3/t14-,19+/m1/s1. The molecule has 1 fully saturated rings. The van der Waals surface area contributed by atoms with Gasteiger partial charge in [0, 0.05) is 19.1 Å². The Balaban J connectivity index is 2.03. The quantitative estimate of drug-likeness (QED) is 0.914. The molecule has 0 unspecified atom stereocenters.